The summed E-state index contributed by atoms with van der Waals surface area (Å²) in [5.74, 6) is -1.39. The number of hydrogen-bond acceptors (Lipinski definition) is 6. The summed E-state index contributed by atoms with van der Waals surface area (Å²) in [6.07, 6.45) is 1.000. The number of amides is 3. The molecule has 0 aliphatic rings. The van der Waals surface area contributed by atoms with Crippen molar-refractivity contribution >= 4 is 23.9 Å². The molecule has 196 valence electrons. The topological polar surface area (TPSA) is 198 Å². The van der Waals surface area contributed by atoms with Crippen LogP contribution in [0, 0.1) is 12.8 Å². The highest BCUT2D eigenvalue weighted by molar-refractivity contribution is 5.95. The number of carboxylic acid groups (broad SMARTS) is 1. The monoisotopic (exact) mass is 501 g/mol. The number of aryl methyl sites for hydroxylation is 1. The fraction of sp³-hybridized carbons (Fsp3) is 0.458. The van der Waals surface area contributed by atoms with E-state index in [2.05, 4.69) is 25.9 Å². The van der Waals surface area contributed by atoms with Crippen molar-refractivity contribution in [2.75, 3.05) is 6.54 Å². The molecule has 0 aliphatic carbocycles. The molecule has 3 amide bonds. The number of aromatic nitrogens is 1. The molecule has 2 atom stereocenters. The zero-order chi connectivity index (χ0) is 26.7. The van der Waals surface area contributed by atoms with Gasteiger partial charge in [0.2, 0.25) is 5.89 Å². The van der Waals surface area contributed by atoms with Gasteiger partial charge in [0, 0.05) is 13.1 Å². The van der Waals surface area contributed by atoms with E-state index in [0.717, 1.165) is 5.56 Å². The van der Waals surface area contributed by atoms with Gasteiger partial charge >= 0.3 is 12.0 Å². The Kier molecular flexibility index (Phi) is 10.7. The second kappa shape index (κ2) is 13.7. The molecular formula is C24H35N7O5. The van der Waals surface area contributed by atoms with Gasteiger partial charge in [-0.3, -0.25) is 9.79 Å². The number of aliphatic carboxylic acids is 1. The average molecular weight is 502 g/mol. The predicted octanol–water partition coefficient (Wildman–Crippen LogP) is 1.81. The van der Waals surface area contributed by atoms with E-state index in [9.17, 15) is 19.5 Å². The molecule has 0 radical (unpaired) electrons. The van der Waals surface area contributed by atoms with Crippen molar-refractivity contribution in [2.24, 2.45) is 22.4 Å². The number of carboxylic acids is 1. The van der Waals surface area contributed by atoms with E-state index >= 15 is 0 Å². The van der Waals surface area contributed by atoms with Gasteiger partial charge in [0.05, 0.1) is 0 Å². The van der Waals surface area contributed by atoms with Crippen molar-refractivity contribution in [2.45, 2.75) is 58.7 Å². The zero-order valence-electron chi connectivity index (χ0n) is 20.8. The molecule has 1 heterocycles. The smallest absolute Gasteiger partial charge is 0.326 e. The second-order valence-electron chi connectivity index (χ2n) is 8.76. The molecular weight excluding hydrogens is 466 g/mol. The van der Waals surface area contributed by atoms with Crippen LogP contribution in [0.5, 0.6) is 0 Å². The number of oxazole rings is 1. The Labute approximate surface area is 209 Å². The maximum absolute atomic E-state index is 12.8. The molecule has 0 spiro atoms. The van der Waals surface area contributed by atoms with Gasteiger partial charge in [-0.25, -0.2) is 14.6 Å². The minimum absolute atomic E-state index is 0.0410. The first-order chi connectivity index (χ1) is 17.1. The van der Waals surface area contributed by atoms with Gasteiger partial charge in [-0.15, -0.1) is 0 Å². The highest BCUT2D eigenvalue weighted by atomic mass is 16.4. The first-order valence-electron chi connectivity index (χ1n) is 11.7. The highest BCUT2D eigenvalue weighted by Crippen LogP contribution is 2.23. The van der Waals surface area contributed by atoms with Crippen LogP contribution in [0.25, 0.3) is 0 Å². The minimum atomic E-state index is -1.19. The fourth-order valence-electron chi connectivity index (χ4n) is 3.44. The lowest BCUT2D eigenvalue weighted by Crippen LogP contribution is -2.41. The Morgan fingerprint density at radius 2 is 1.83 bits per heavy atom. The minimum Gasteiger partial charge on any atom is -0.480 e. The van der Waals surface area contributed by atoms with Gasteiger partial charge in [-0.05, 0) is 37.7 Å². The SMILES string of the molecule is Cc1oc([C@H](CC(C)C)NC(=O)NCc2ccccc2)nc1C(=O)N[C@@H](CCCN=C(N)N)C(=O)O. The van der Waals surface area contributed by atoms with E-state index in [1.54, 1.807) is 6.92 Å². The molecule has 2 rings (SSSR count). The van der Waals surface area contributed by atoms with Crippen LogP contribution in [0.3, 0.4) is 0 Å². The molecule has 12 nitrogen and oxygen atoms in total. The number of hydrogen-bond donors (Lipinski definition) is 6. The molecule has 1 aromatic heterocycles. The predicted molar refractivity (Wildman–Crippen MR) is 134 cm³/mol. The van der Waals surface area contributed by atoms with Gasteiger partial charge in [0.15, 0.2) is 11.7 Å². The molecule has 12 heteroatoms. The molecule has 0 saturated heterocycles. The summed E-state index contributed by atoms with van der Waals surface area (Å²) < 4.78 is 5.72. The first kappa shape index (κ1) is 28.1. The molecule has 0 unspecified atom stereocenters. The first-order valence-corrected chi connectivity index (χ1v) is 11.7. The largest absolute Gasteiger partial charge is 0.480 e. The lowest BCUT2D eigenvalue weighted by molar-refractivity contribution is -0.139. The Morgan fingerprint density at radius 1 is 1.14 bits per heavy atom. The number of urea groups is 1. The Hall–Kier alpha value is -4.09. The van der Waals surface area contributed by atoms with E-state index in [1.807, 2.05) is 44.2 Å². The number of benzene rings is 1. The summed E-state index contributed by atoms with van der Waals surface area (Å²) in [6.45, 7) is 6.12. The lowest BCUT2D eigenvalue weighted by atomic mass is 10.0. The number of nitrogens with zero attached hydrogens (tertiary/aromatic N) is 2. The molecule has 0 bridgehead atoms. The van der Waals surface area contributed by atoms with Crippen molar-refractivity contribution in [3.05, 3.63) is 53.2 Å². The normalized spacial score (nSPS) is 12.4. The second-order valence-corrected chi connectivity index (χ2v) is 8.76. The third-order valence-corrected chi connectivity index (χ3v) is 5.18. The Balaban J connectivity index is 2.07. The van der Waals surface area contributed by atoms with Crippen molar-refractivity contribution in [3.63, 3.8) is 0 Å². The van der Waals surface area contributed by atoms with E-state index < -0.39 is 30.0 Å². The van der Waals surface area contributed by atoms with Crippen LogP contribution in [0.1, 0.15) is 66.9 Å². The van der Waals surface area contributed by atoms with Crippen LogP contribution < -0.4 is 27.4 Å². The van der Waals surface area contributed by atoms with Crippen molar-refractivity contribution in [3.8, 4) is 0 Å². The van der Waals surface area contributed by atoms with E-state index in [-0.39, 0.29) is 42.2 Å². The van der Waals surface area contributed by atoms with Crippen LogP contribution in [-0.2, 0) is 11.3 Å². The Bertz CT molecular complexity index is 1050. The van der Waals surface area contributed by atoms with E-state index in [1.165, 1.54) is 0 Å². The van der Waals surface area contributed by atoms with Crippen molar-refractivity contribution < 1.29 is 23.9 Å². The molecule has 0 fully saturated rings. The zero-order valence-corrected chi connectivity index (χ0v) is 20.8. The van der Waals surface area contributed by atoms with Crippen LogP contribution in [0.4, 0.5) is 4.79 Å². The van der Waals surface area contributed by atoms with Crippen LogP contribution in [0.15, 0.2) is 39.7 Å². The summed E-state index contributed by atoms with van der Waals surface area (Å²) in [5, 5.41) is 17.6. The number of carbonyl (C=O) groups excluding carboxylic acids is 2. The number of carbonyl (C=O) groups is 3. The maximum Gasteiger partial charge on any atom is 0.326 e. The van der Waals surface area contributed by atoms with Crippen LogP contribution >= 0.6 is 0 Å². The molecule has 36 heavy (non-hydrogen) atoms. The molecule has 0 aliphatic heterocycles. The standard InChI is InChI=1S/C24H35N7O5/c1-14(2)12-18(30-24(35)28-13-16-8-5-4-6-9-16)21-31-19(15(3)36-21)20(32)29-17(22(33)34)10-7-11-27-23(25)26/h4-6,8-9,14,17-18H,7,10-13H2,1-3H3,(H,29,32)(H,33,34)(H4,25,26,27)(H2,28,30,35)/t17-,18-/m0/s1. The Morgan fingerprint density at radius 3 is 2.44 bits per heavy atom. The quantitative estimate of drug-likeness (QED) is 0.136. The number of aliphatic imine (C=N–C) groups is 1. The third-order valence-electron chi connectivity index (χ3n) is 5.18. The van der Waals surface area contributed by atoms with Crippen molar-refractivity contribution in [1.82, 2.24) is 20.9 Å². The summed E-state index contributed by atoms with van der Waals surface area (Å²) in [7, 11) is 0. The number of nitrogens with two attached hydrogens (primary N) is 2. The van der Waals surface area contributed by atoms with E-state index in [4.69, 9.17) is 15.9 Å². The third kappa shape index (κ3) is 9.28. The van der Waals surface area contributed by atoms with Gasteiger partial charge < -0.3 is 36.9 Å². The van der Waals surface area contributed by atoms with E-state index in [0.29, 0.717) is 19.4 Å². The van der Waals surface area contributed by atoms with Gasteiger partial charge in [0.1, 0.15) is 17.8 Å². The maximum atomic E-state index is 12.8. The van der Waals surface area contributed by atoms with Crippen molar-refractivity contribution in [1.29, 1.82) is 0 Å². The van der Waals surface area contributed by atoms with Crippen LogP contribution in [-0.4, -0.2) is 46.5 Å². The summed E-state index contributed by atoms with van der Waals surface area (Å²) in [4.78, 5) is 45.0. The van der Waals surface area contributed by atoms with Crippen LogP contribution in [0.2, 0.25) is 0 Å². The number of nitrogens with one attached hydrogen (secondary N) is 3. The average Bonchev–Trinajstić information content (AvgIpc) is 3.21. The summed E-state index contributed by atoms with van der Waals surface area (Å²) in [6, 6.07) is 7.33. The lowest BCUT2D eigenvalue weighted by Gasteiger charge is -2.18. The number of guanidine groups is 1. The van der Waals surface area contributed by atoms with Gasteiger partial charge in [0.25, 0.3) is 5.91 Å². The fourth-order valence-corrected chi connectivity index (χ4v) is 3.44. The molecule has 0 saturated carbocycles. The molecule has 8 N–H and O–H groups in total. The number of rotatable bonds is 13. The molecule has 2 aromatic rings. The summed E-state index contributed by atoms with van der Waals surface area (Å²) >= 11 is 0. The molecule has 1 aromatic carbocycles. The summed E-state index contributed by atoms with van der Waals surface area (Å²) in [5.41, 5.74) is 11.4. The van der Waals surface area contributed by atoms with Gasteiger partial charge in [-0.1, -0.05) is 44.2 Å². The highest BCUT2D eigenvalue weighted by Gasteiger charge is 2.27. The van der Waals surface area contributed by atoms with Gasteiger partial charge in [-0.2, -0.15) is 0 Å².